The molecule has 4 aromatic rings. The molecular formula is C34H36F2N8O2. The first-order valence-corrected chi connectivity index (χ1v) is 15.8. The summed E-state index contributed by atoms with van der Waals surface area (Å²) in [6.45, 7) is 3.97. The second kappa shape index (κ2) is 12.2. The maximum absolute atomic E-state index is 16.7. The first-order chi connectivity index (χ1) is 22.4. The monoisotopic (exact) mass is 626 g/mol. The number of anilines is 1. The summed E-state index contributed by atoms with van der Waals surface area (Å²) in [4.78, 5) is 30.5. The van der Waals surface area contributed by atoms with Crippen molar-refractivity contribution in [1.82, 2.24) is 30.5 Å². The van der Waals surface area contributed by atoms with E-state index in [1.165, 1.54) is 25.4 Å². The molecule has 5 heterocycles. The molecule has 46 heavy (non-hydrogen) atoms. The van der Waals surface area contributed by atoms with Crippen LogP contribution in [0.25, 0.3) is 32.9 Å². The molecule has 2 aromatic heterocycles. The van der Waals surface area contributed by atoms with Crippen molar-refractivity contribution in [3.63, 3.8) is 0 Å². The lowest BCUT2D eigenvalue weighted by Crippen LogP contribution is -2.43. The van der Waals surface area contributed by atoms with Gasteiger partial charge in [0.05, 0.1) is 17.5 Å². The Morgan fingerprint density at radius 1 is 1.11 bits per heavy atom. The Balaban J connectivity index is 1.34. The molecule has 10 nitrogen and oxygen atoms in total. The molecule has 3 fully saturated rings. The summed E-state index contributed by atoms with van der Waals surface area (Å²) in [6.07, 6.45) is 8.05. The van der Waals surface area contributed by atoms with Gasteiger partial charge in [0.1, 0.15) is 35.2 Å². The highest BCUT2D eigenvalue weighted by Crippen LogP contribution is 2.40. The van der Waals surface area contributed by atoms with Crippen molar-refractivity contribution in [1.29, 1.82) is 5.41 Å². The minimum atomic E-state index is -0.687. The lowest BCUT2D eigenvalue weighted by molar-refractivity contribution is -0.114. The van der Waals surface area contributed by atoms with Gasteiger partial charge in [0, 0.05) is 43.0 Å². The molecular weight excluding hydrogens is 590 g/mol. The predicted molar refractivity (Wildman–Crippen MR) is 173 cm³/mol. The summed E-state index contributed by atoms with van der Waals surface area (Å²) in [6, 6.07) is 10.0. The number of nitrogens with zero attached hydrogens (tertiary/aromatic N) is 5. The molecule has 3 aliphatic heterocycles. The zero-order valence-corrected chi connectivity index (χ0v) is 25.7. The van der Waals surface area contributed by atoms with Crippen molar-refractivity contribution in [3.05, 3.63) is 66.0 Å². The second-order valence-corrected chi connectivity index (χ2v) is 12.2. The first-order valence-electron chi connectivity index (χ1n) is 15.8. The van der Waals surface area contributed by atoms with E-state index in [0.717, 1.165) is 45.2 Å². The third-order valence-corrected chi connectivity index (χ3v) is 9.44. The standard InChI is InChI=1S/C34H36F2N8O2/c1-38-32(45)26(37)17-22-19-43(14-6-13-39-22)31-24-18-40-29(23-9-2-7-21-8-3-10-25(35)27(21)23)28(36)30(24)41-33(42-31)46-20-34-11-4-15-44(34)16-5-12-34/h2-3,7-10,17-18,37,39H,4-6,11-16,19-20H2,1H3,(H,38,45)/b22-17-,37-26?. The van der Waals surface area contributed by atoms with E-state index in [-0.39, 0.29) is 33.9 Å². The summed E-state index contributed by atoms with van der Waals surface area (Å²) in [5, 5.41) is 15.2. The van der Waals surface area contributed by atoms with E-state index in [4.69, 9.17) is 15.1 Å². The SMILES string of the molecule is CNC(=O)C(=N)/C=C1/CN(c2nc(OCC34CCCN3CCC4)nc3c(F)c(-c4cccc5cccc(F)c45)ncc23)CCCN1. The predicted octanol–water partition coefficient (Wildman–Crippen LogP) is 4.58. The Labute approximate surface area is 265 Å². The number of carbonyl (C=O) groups excluding carboxylic acids is 1. The smallest absolute Gasteiger partial charge is 0.319 e. The molecule has 3 aliphatic rings. The van der Waals surface area contributed by atoms with Gasteiger partial charge < -0.3 is 20.3 Å². The van der Waals surface area contributed by atoms with Crippen molar-refractivity contribution in [2.45, 2.75) is 37.6 Å². The Bertz CT molecular complexity index is 1860. The third kappa shape index (κ3) is 5.40. The molecule has 3 saturated heterocycles. The Hall–Kier alpha value is -4.71. The van der Waals surface area contributed by atoms with Crippen molar-refractivity contribution < 1.29 is 18.3 Å². The van der Waals surface area contributed by atoms with Crippen LogP contribution in [0.1, 0.15) is 32.1 Å². The van der Waals surface area contributed by atoms with Crippen LogP contribution < -0.4 is 20.3 Å². The molecule has 0 aliphatic carbocycles. The number of hydrogen-bond acceptors (Lipinski definition) is 9. The number of hydrogen-bond donors (Lipinski definition) is 3. The number of carbonyl (C=O) groups is 1. The zero-order valence-electron chi connectivity index (χ0n) is 25.7. The van der Waals surface area contributed by atoms with Crippen molar-refractivity contribution >= 4 is 39.1 Å². The van der Waals surface area contributed by atoms with Crippen LogP contribution in [-0.2, 0) is 4.79 Å². The van der Waals surface area contributed by atoms with Gasteiger partial charge in [-0.25, -0.2) is 8.78 Å². The number of rotatable bonds is 7. The van der Waals surface area contributed by atoms with E-state index in [9.17, 15) is 4.79 Å². The van der Waals surface area contributed by atoms with Crippen LogP contribution in [0.15, 0.2) is 54.4 Å². The largest absolute Gasteiger partial charge is 0.461 e. The number of halogens is 2. The summed E-state index contributed by atoms with van der Waals surface area (Å²) >= 11 is 0. The van der Waals surface area contributed by atoms with E-state index in [0.29, 0.717) is 54.1 Å². The van der Waals surface area contributed by atoms with Gasteiger partial charge in [0.2, 0.25) is 0 Å². The zero-order chi connectivity index (χ0) is 31.8. The second-order valence-electron chi connectivity index (χ2n) is 12.2. The van der Waals surface area contributed by atoms with Gasteiger partial charge in [-0.3, -0.25) is 20.1 Å². The highest BCUT2D eigenvalue weighted by atomic mass is 19.1. The third-order valence-electron chi connectivity index (χ3n) is 9.44. The molecule has 3 N–H and O–H groups in total. The topological polar surface area (TPSA) is 119 Å². The highest BCUT2D eigenvalue weighted by molar-refractivity contribution is 6.42. The van der Waals surface area contributed by atoms with Gasteiger partial charge in [0.15, 0.2) is 5.82 Å². The number of fused-ring (bicyclic) bond motifs is 3. The van der Waals surface area contributed by atoms with Crippen LogP contribution >= 0.6 is 0 Å². The van der Waals surface area contributed by atoms with Crippen LogP contribution in [-0.4, -0.2) is 83.4 Å². The number of ether oxygens (including phenoxy) is 1. The van der Waals surface area contributed by atoms with Gasteiger partial charge in [-0.15, -0.1) is 0 Å². The van der Waals surface area contributed by atoms with Crippen molar-refractivity contribution in [2.75, 3.05) is 51.3 Å². The van der Waals surface area contributed by atoms with Crippen LogP contribution in [0.5, 0.6) is 6.01 Å². The molecule has 0 spiro atoms. The lowest BCUT2D eigenvalue weighted by Gasteiger charge is -2.31. The van der Waals surface area contributed by atoms with E-state index >= 15 is 8.78 Å². The number of aromatic nitrogens is 3. The average molecular weight is 627 g/mol. The van der Waals surface area contributed by atoms with Crippen LogP contribution in [0.2, 0.25) is 0 Å². The molecule has 0 saturated carbocycles. The summed E-state index contributed by atoms with van der Waals surface area (Å²) < 4.78 is 38.1. The molecule has 0 radical (unpaired) electrons. The fraction of sp³-hybridized carbons (Fsp3) is 0.382. The van der Waals surface area contributed by atoms with Crippen LogP contribution in [0.4, 0.5) is 14.6 Å². The van der Waals surface area contributed by atoms with Gasteiger partial charge in [0.25, 0.3) is 5.91 Å². The Morgan fingerprint density at radius 2 is 1.89 bits per heavy atom. The lowest BCUT2D eigenvalue weighted by atomic mass is 9.95. The first kappa shape index (κ1) is 30.0. The molecule has 12 heteroatoms. The molecule has 0 atom stereocenters. The Kier molecular flexibility index (Phi) is 7.97. The summed E-state index contributed by atoms with van der Waals surface area (Å²) in [7, 11) is 1.48. The van der Waals surface area contributed by atoms with E-state index in [1.807, 2.05) is 4.90 Å². The number of nitrogens with one attached hydrogen (secondary N) is 3. The summed E-state index contributed by atoms with van der Waals surface area (Å²) in [5.74, 6) is -1.20. The van der Waals surface area contributed by atoms with Gasteiger partial charge in [-0.05, 0) is 62.7 Å². The van der Waals surface area contributed by atoms with Crippen LogP contribution in [0, 0.1) is 17.0 Å². The number of benzene rings is 2. The minimum Gasteiger partial charge on any atom is -0.461 e. The molecule has 0 bridgehead atoms. The number of amides is 1. The maximum Gasteiger partial charge on any atom is 0.319 e. The van der Waals surface area contributed by atoms with Crippen molar-refractivity contribution in [2.24, 2.45) is 0 Å². The number of pyridine rings is 1. The quantitative estimate of drug-likeness (QED) is 0.255. The van der Waals surface area contributed by atoms with Gasteiger partial charge >= 0.3 is 6.01 Å². The van der Waals surface area contributed by atoms with E-state index < -0.39 is 17.5 Å². The molecule has 0 unspecified atom stereocenters. The highest BCUT2D eigenvalue weighted by Gasteiger charge is 2.45. The normalized spacial score (nSPS) is 18.8. The molecule has 238 valence electrons. The maximum atomic E-state index is 16.7. The fourth-order valence-corrected chi connectivity index (χ4v) is 7.18. The molecule has 7 rings (SSSR count). The van der Waals surface area contributed by atoms with E-state index in [2.05, 4.69) is 25.5 Å². The summed E-state index contributed by atoms with van der Waals surface area (Å²) in [5.41, 5.74) is 0.770. The van der Waals surface area contributed by atoms with Gasteiger partial charge in [-0.1, -0.05) is 30.3 Å². The van der Waals surface area contributed by atoms with Crippen LogP contribution in [0.3, 0.4) is 0 Å². The minimum absolute atomic E-state index is 0.00713. The fourth-order valence-electron chi connectivity index (χ4n) is 7.18. The van der Waals surface area contributed by atoms with E-state index in [1.54, 1.807) is 30.3 Å². The van der Waals surface area contributed by atoms with Crippen molar-refractivity contribution in [3.8, 4) is 17.3 Å². The Morgan fingerprint density at radius 3 is 2.67 bits per heavy atom. The molecule has 1 amide bonds. The average Bonchev–Trinajstić information content (AvgIpc) is 3.57. The van der Waals surface area contributed by atoms with Gasteiger partial charge in [-0.2, -0.15) is 9.97 Å². The molecule has 2 aromatic carbocycles.